The van der Waals surface area contributed by atoms with Crippen molar-refractivity contribution >= 4 is 21.8 Å². The van der Waals surface area contributed by atoms with Gasteiger partial charge in [0.15, 0.2) is 0 Å². The third kappa shape index (κ3) is 3.68. The van der Waals surface area contributed by atoms with Gasteiger partial charge in [0.2, 0.25) is 0 Å². The molecule has 0 aliphatic carbocycles. The predicted octanol–water partition coefficient (Wildman–Crippen LogP) is 3.57. The van der Waals surface area contributed by atoms with Crippen LogP contribution in [0, 0.1) is 5.41 Å². The normalized spacial score (nSPS) is 10.7. The summed E-state index contributed by atoms with van der Waals surface area (Å²) in [6.07, 6.45) is 4.54. The summed E-state index contributed by atoms with van der Waals surface area (Å²) in [6.45, 7) is 0.654. The van der Waals surface area contributed by atoms with E-state index in [9.17, 15) is 0 Å². The summed E-state index contributed by atoms with van der Waals surface area (Å²) >= 11 is 3.45. The first-order valence-corrected chi connectivity index (χ1v) is 8.09. The van der Waals surface area contributed by atoms with Crippen LogP contribution in [0.1, 0.15) is 22.5 Å². The van der Waals surface area contributed by atoms with Crippen LogP contribution in [0.3, 0.4) is 0 Å². The van der Waals surface area contributed by atoms with Crippen molar-refractivity contribution in [2.75, 3.05) is 0 Å². The van der Waals surface area contributed by atoms with Gasteiger partial charge in [-0.2, -0.15) is 0 Å². The Bertz CT molecular complexity index is 821. The number of hydrogen-bond acceptors (Lipinski definition) is 2. The van der Waals surface area contributed by atoms with E-state index in [2.05, 4.69) is 37.6 Å². The molecule has 0 atom stereocenters. The van der Waals surface area contributed by atoms with Crippen molar-refractivity contribution in [3.8, 4) is 0 Å². The molecule has 0 radical (unpaired) electrons. The first kappa shape index (κ1) is 15.5. The number of nitrogens with one attached hydrogen (secondary N) is 1. The minimum atomic E-state index is 0.0928. The number of imidazole rings is 1. The van der Waals surface area contributed by atoms with Crippen LogP contribution >= 0.6 is 15.9 Å². The van der Waals surface area contributed by atoms with Gasteiger partial charge < -0.3 is 10.3 Å². The molecule has 0 aliphatic rings. The minimum absolute atomic E-state index is 0.0928. The zero-order chi connectivity index (χ0) is 16.2. The molecule has 0 unspecified atom stereocenters. The fraction of sp³-hybridized carbons (Fsp3) is 0.111. The molecular formula is C18H17BrN4. The second kappa shape index (κ2) is 6.79. The number of halogens is 1. The van der Waals surface area contributed by atoms with Gasteiger partial charge in [-0.3, -0.25) is 5.41 Å². The number of amidine groups is 1. The number of hydrogen-bond donors (Lipinski definition) is 2. The molecule has 2 aromatic carbocycles. The number of aromatic nitrogens is 2. The molecule has 0 bridgehead atoms. The van der Waals surface area contributed by atoms with E-state index in [0.717, 1.165) is 27.8 Å². The van der Waals surface area contributed by atoms with Gasteiger partial charge >= 0.3 is 0 Å². The number of benzene rings is 2. The first-order chi connectivity index (χ1) is 11.1. The number of nitrogen functional groups attached to an aromatic ring is 1. The van der Waals surface area contributed by atoms with Crippen LogP contribution in [0.2, 0.25) is 0 Å². The Morgan fingerprint density at radius 1 is 1.13 bits per heavy atom. The van der Waals surface area contributed by atoms with Crippen LogP contribution in [0.4, 0.5) is 0 Å². The fourth-order valence-corrected chi connectivity index (χ4v) is 2.80. The van der Waals surface area contributed by atoms with Gasteiger partial charge in [0, 0.05) is 35.4 Å². The zero-order valence-electron chi connectivity index (χ0n) is 12.5. The molecule has 0 amide bonds. The summed E-state index contributed by atoms with van der Waals surface area (Å²) in [5, 5.41) is 7.71. The molecule has 5 heteroatoms. The van der Waals surface area contributed by atoms with Gasteiger partial charge in [0.25, 0.3) is 0 Å². The smallest absolute Gasteiger partial charge is 0.123 e. The van der Waals surface area contributed by atoms with Crippen molar-refractivity contribution in [3.63, 3.8) is 0 Å². The van der Waals surface area contributed by atoms with E-state index in [1.54, 1.807) is 0 Å². The highest BCUT2D eigenvalue weighted by molar-refractivity contribution is 9.10. The van der Waals surface area contributed by atoms with Crippen molar-refractivity contribution in [2.45, 2.75) is 13.0 Å². The molecule has 0 saturated carbocycles. The predicted molar refractivity (Wildman–Crippen MR) is 95.7 cm³/mol. The summed E-state index contributed by atoms with van der Waals surface area (Å²) in [6, 6.07) is 16.0. The molecule has 3 aromatic rings. The topological polar surface area (TPSA) is 67.7 Å². The second-order valence-corrected chi connectivity index (χ2v) is 6.26. The van der Waals surface area contributed by atoms with E-state index in [1.165, 1.54) is 5.56 Å². The summed E-state index contributed by atoms with van der Waals surface area (Å²) in [4.78, 5) is 4.47. The maximum absolute atomic E-state index is 7.71. The molecule has 0 fully saturated rings. The highest BCUT2D eigenvalue weighted by Crippen LogP contribution is 2.16. The quantitative estimate of drug-likeness (QED) is 0.533. The molecule has 4 nitrogen and oxygen atoms in total. The average Bonchev–Trinajstić information content (AvgIpc) is 2.97. The lowest BCUT2D eigenvalue weighted by atomic mass is 10.1. The SMILES string of the molecule is N=C(N)c1ccccc1Cn1ccnc1Cc1ccc(Br)cc1. The summed E-state index contributed by atoms with van der Waals surface area (Å²) in [7, 11) is 0. The van der Waals surface area contributed by atoms with Crippen molar-refractivity contribution < 1.29 is 0 Å². The Labute approximate surface area is 143 Å². The summed E-state index contributed by atoms with van der Waals surface area (Å²) in [5.74, 6) is 1.08. The lowest BCUT2D eigenvalue weighted by Crippen LogP contribution is -2.15. The monoisotopic (exact) mass is 368 g/mol. The number of rotatable bonds is 5. The maximum Gasteiger partial charge on any atom is 0.123 e. The number of nitrogens with zero attached hydrogens (tertiary/aromatic N) is 2. The van der Waals surface area contributed by atoms with Crippen LogP contribution in [0.15, 0.2) is 65.4 Å². The summed E-state index contributed by atoms with van der Waals surface area (Å²) < 4.78 is 3.17. The molecule has 3 rings (SSSR count). The third-order valence-electron chi connectivity index (χ3n) is 3.73. The highest BCUT2D eigenvalue weighted by Gasteiger charge is 2.09. The molecular weight excluding hydrogens is 352 g/mol. The first-order valence-electron chi connectivity index (χ1n) is 7.30. The van der Waals surface area contributed by atoms with Gasteiger partial charge in [-0.05, 0) is 23.3 Å². The van der Waals surface area contributed by atoms with Crippen molar-refractivity contribution in [2.24, 2.45) is 5.73 Å². The van der Waals surface area contributed by atoms with E-state index in [4.69, 9.17) is 11.1 Å². The lowest BCUT2D eigenvalue weighted by Gasteiger charge is -2.11. The fourth-order valence-electron chi connectivity index (χ4n) is 2.54. The Morgan fingerprint density at radius 2 is 1.87 bits per heavy atom. The van der Waals surface area contributed by atoms with Crippen molar-refractivity contribution in [3.05, 3.63) is 87.9 Å². The molecule has 0 saturated heterocycles. The van der Waals surface area contributed by atoms with Gasteiger partial charge in [-0.15, -0.1) is 0 Å². The highest BCUT2D eigenvalue weighted by atomic mass is 79.9. The van der Waals surface area contributed by atoms with Gasteiger partial charge in [0.1, 0.15) is 11.7 Å². The van der Waals surface area contributed by atoms with Gasteiger partial charge in [-0.1, -0.05) is 52.3 Å². The molecule has 0 spiro atoms. The molecule has 0 aliphatic heterocycles. The Balaban J connectivity index is 1.84. The standard InChI is InChI=1S/C18H17BrN4/c19-15-7-5-13(6-8-15)11-17-22-9-10-23(17)12-14-3-1-2-4-16(14)18(20)21/h1-10H,11-12H2,(H3,20,21). The van der Waals surface area contributed by atoms with Gasteiger partial charge in [0.05, 0.1) is 0 Å². The van der Waals surface area contributed by atoms with E-state index in [-0.39, 0.29) is 5.84 Å². The lowest BCUT2D eigenvalue weighted by molar-refractivity contribution is 0.739. The van der Waals surface area contributed by atoms with Crippen LogP contribution < -0.4 is 5.73 Å². The Kier molecular flexibility index (Phi) is 4.57. The molecule has 1 heterocycles. The maximum atomic E-state index is 7.71. The minimum Gasteiger partial charge on any atom is -0.384 e. The van der Waals surface area contributed by atoms with Crippen LogP contribution in [-0.2, 0) is 13.0 Å². The molecule has 23 heavy (non-hydrogen) atoms. The largest absolute Gasteiger partial charge is 0.384 e. The van der Waals surface area contributed by atoms with E-state index in [0.29, 0.717) is 6.54 Å². The van der Waals surface area contributed by atoms with E-state index >= 15 is 0 Å². The number of nitrogens with two attached hydrogens (primary N) is 1. The molecule has 116 valence electrons. The third-order valence-corrected chi connectivity index (χ3v) is 4.25. The molecule has 3 N–H and O–H groups in total. The Morgan fingerprint density at radius 3 is 2.61 bits per heavy atom. The van der Waals surface area contributed by atoms with Crippen LogP contribution in [-0.4, -0.2) is 15.4 Å². The second-order valence-electron chi connectivity index (χ2n) is 5.35. The average molecular weight is 369 g/mol. The van der Waals surface area contributed by atoms with Crippen LogP contribution in [0.5, 0.6) is 0 Å². The summed E-state index contributed by atoms with van der Waals surface area (Å²) in [5.41, 5.74) is 8.68. The zero-order valence-corrected chi connectivity index (χ0v) is 14.1. The van der Waals surface area contributed by atoms with E-state index < -0.39 is 0 Å². The van der Waals surface area contributed by atoms with Crippen molar-refractivity contribution in [1.29, 1.82) is 5.41 Å². The van der Waals surface area contributed by atoms with Gasteiger partial charge in [-0.25, -0.2) is 4.98 Å². The Hall–Kier alpha value is -2.40. The van der Waals surface area contributed by atoms with Crippen molar-refractivity contribution in [1.82, 2.24) is 9.55 Å². The molecule has 1 aromatic heterocycles. The van der Waals surface area contributed by atoms with E-state index in [1.807, 2.05) is 48.8 Å². The van der Waals surface area contributed by atoms with Crippen LogP contribution in [0.25, 0.3) is 0 Å².